The van der Waals surface area contributed by atoms with Crippen molar-refractivity contribution >= 4 is 72.6 Å². The SMILES string of the molecule is O=C(O)O.O=C(O)O.O=C(O)O.O=C(O)O.O=C(O)O.O=C(O)O.O=C(O)O.[NaH]. The van der Waals surface area contributed by atoms with Gasteiger partial charge < -0.3 is 71.5 Å². The summed E-state index contributed by atoms with van der Waals surface area (Å²) in [4.78, 5) is 59.9. The first-order valence-corrected chi connectivity index (χ1v) is 4.56. The molecule has 22 heteroatoms. The molecule has 0 amide bonds. The molecule has 0 saturated heterocycles. The van der Waals surface area contributed by atoms with Crippen LogP contribution in [0.3, 0.4) is 0 Å². The zero-order valence-electron chi connectivity index (χ0n) is 12.6. The quantitative estimate of drug-likeness (QED) is 0.224. The van der Waals surface area contributed by atoms with Gasteiger partial charge in [0.15, 0.2) is 0 Å². The van der Waals surface area contributed by atoms with E-state index in [1.807, 2.05) is 0 Å². The summed E-state index contributed by atoms with van der Waals surface area (Å²) in [7, 11) is 0. The normalized spacial score (nSPS) is 5.79. The Bertz CT molecular complexity index is 308. The molecule has 0 aliphatic heterocycles. The molecular formula is C7H15NaO21. The average molecular weight is 458 g/mol. The fourth-order valence-corrected chi connectivity index (χ4v) is 0. The van der Waals surface area contributed by atoms with Gasteiger partial charge in [-0.1, -0.05) is 0 Å². The van der Waals surface area contributed by atoms with E-state index in [0.29, 0.717) is 0 Å². The zero-order chi connectivity index (χ0) is 25.0. The van der Waals surface area contributed by atoms with Gasteiger partial charge in [0.1, 0.15) is 0 Å². The van der Waals surface area contributed by atoms with E-state index in [9.17, 15) is 0 Å². The fraction of sp³-hybridized carbons (Fsp3) is 0. The third kappa shape index (κ3) is 678. The van der Waals surface area contributed by atoms with Gasteiger partial charge in [-0.05, 0) is 0 Å². The van der Waals surface area contributed by atoms with E-state index in [-0.39, 0.29) is 29.6 Å². The van der Waals surface area contributed by atoms with Gasteiger partial charge in [0.2, 0.25) is 0 Å². The maximum atomic E-state index is 8.56. The van der Waals surface area contributed by atoms with Crippen LogP contribution in [0.2, 0.25) is 0 Å². The van der Waals surface area contributed by atoms with Crippen molar-refractivity contribution in [3.8, 4) is 0 Å². The van der Waals surface area contributed by atoms with Crippen LogP contribution in [0.15, 0.2) is 0 Å². The summed E-state index contributed by atoms with van der Waals surface area (Å²) in [5.41, 5.74) is 0. The molecule has 14 N–H and O–H groups in total. The van der Waals surface area contributed by atoms with Gasteiger partial charge >= 0.3 is 72.6 Å². The second kappa shape index (κ2) is 43.9. The van der Waals surface area contributed by atoms with Crippen molar-refractivity contribution in [2.45, 2.75) is 0 Å². The molecule has 0 fully saturated rings. The molecule has 29 heavy (non-hydrogen) atoms. The number of rotatable bonds is 0. The summed E-state index contributed by atoms with van der Waals surface area (Å²) in [6, 6.07) is 0. The van der Waals surface area contributed by atoms with Crippen LogP contribution < -0.4 is 0 Å². The van der Waals surface area contributed by atoms with E-state index in [1.54, 1.807) is 0 Å². The molecule has 0 aliphatic carbocycles. The van der Waals surface area contributed by atoms with Crippen LogP contribution in [0.25, 0.3) is 0 Å². The number of hydrogen-bond donors (Lipinski definition) is 14. The molecule has 0 atom stereocenters. The van der Waals surface area contributed by atoms with E-state index in [2.05, 4.69) is 0 Å². The number of carbonyl (C=O) groups is 7. The molecule has 170 valence electrons. The van der Waals surface area contributed by atoms with Crippen LogP contribution in [0.1, 0.15) is 0 Å². The molecule has 0 aromatic heterocycles. The van der Waals surface area contributed by atoms with Gasteiger partial charge in [0, 0.05) is 0 Å². The molecular weight excluding hydrogens is 443 g/mol. The van der Waals surface area contributed by atoms with Crippen molar-refractivity contribution in [2.75, 3.05) is 0 Å². The monoisotopic (exact) mass is 458 g/mol. The van der Waals surface area contributed by atoms with E-state index in [4.69, 9.17) is 105 Å². The van der Waals surface area contributed by atoms with Gasteiger partial charge in [-0.15, -0.1) is 0 Å². The van der Waals surface area contributed by atoms with Crippen molar-refractivity contribution < 1.29 is 105 Å². The third-order valence-electron chi connectivity index (χ3n) is 0. The van der Waals surface area contributed by atoms with Crippen LogP contribution in [-0.2, 0) is 0 Å². The summed E-state index contributed by atoms with van der Waals surface area (Å²) in [5.74, 6) is 0. The molecule has 0 aliphatic rings. The molecule has 0 rings (SSSR count). The fourth-order valence-electron chi connectivity index (χ4n) is 0. The Kier molecular flexibility index (Phi) is 75.3. The standard InChI is InChI=1S/7CH2O3.Na.H/c7*2-1(3)4;;/h7*(H2,2,3,4);;. The van der Waals surface area contributed by atoms with Crippen molar-refractivity contribution in [2.24, 2.45) is 0 Å². The molecule has 0 unspecified atom stereocenters. The Morgan fingerprint density at radius 3 is 0.241 bits per heavy atom. The van der Waals surface area contributed by atoms with Crippen molar-refractivity contribution in [1.29, 1.82) is 0 Å². The van der Waals surface area contributed by atoms with E-state index >= 15 is 0 Å². The minimum absolute atomic E-state index is 0. The van der Waals surface area contributed by atoms with Crippen molar-refractivity contribution in [3.63, 3.8) is 0 Å². The maximum absolute atomic E-state index is 8.56. The van der Waals surface area contributed by atoms with Crippen LogP contribution in [0.5, 0.6) is 0 Å². The van der Waals surface area contributed by atoms with Crippen LogP contribution in [0, 0.1) is 0 Å². The van der Waals surface area contributed by atoms with Gasteiger partial charge in [-0.3, -0.25) is 0 Å². The Labute approximate surface area is 178 Å². The predicted molar refractivity (Wildman–Crippen MR) is 81.7 cm³/mol. The van der Waals surface area contributed by atoms with Crippen molar-refractivity contribution in [1.82, 2.24) is 0 Å². The van der Waals surface area contributed by atoms with E-state index in [0.717, 1.165) is 0 Å². The second-order valence-electron chi connectivity index (χ2n) is 1.98. The Morgan fingerprint density at radius 1 is 0.241 bits per heavy atom. The first-order valence-electron chi connectivity index (χ1n) is 4.56. The summed E-state index contributed by atoms with van der Waals surface area (Å²) < 4.78 is 0. The van der Waals surface area contributed by atoms with E-state index < -0.39 is 43.1 Å². The molecule has 0 spiro atoms. The summed E-state index contributed by atoms with van der Waals surface area (Å²) in [6.45, 7) is 0. The Balaban J connectivity index is -0.0000000294. The summed E-state index contributed by atoms with van der Waals surface area (Å²) in [5, 5.41) is 97.6. The first kappa shape index (κ1) is 49.8. The number of carboxylic acid groups (broad SMARTS) is 14. The van der Waals surface area contributed by atoms with Gasteiger partial charge in [-0.2, -0.15) is 0 Å². The summed E-state index contributed by atoms with van der Waals surface area (Å²) in [6.07, 6.45) is -12.8. The van der Waals surface area contributed by atoms with Gasteiger partial charge in [0.25, 0.3) is 0 Å². The van der Waals surface area contributed by atoms with Crippen LogP contribution >= 0.6 is 0 Å². The topological polar surface area (TPSA) is 403 Å². The molecule has 0 saturated carbocycles. The van der Waals surface area contributed by atoms with E-state index in [1.165, 1.54) is 0 Å². The predicted octanol–water partition coefficient (Wildman–Crippen LogP) is 0.908. The van der Waals surface area contributed by atoms with Crippen LogP contribution in [-0.4, -0.2) is 144 Å². The molecule has 0 heterocycles. The Hall–Kier alpha value is -4.11. The molecule has 0 aromatic rings. The van der Waals surface area contributed by atoms with Gasteiger partial charge in [-0.25, -0.2) is 33.6 Å². The third-order valence-corrected chi connectivity index (χ3v) is 0. The van der Waals surface area contributed by atoms with Gasteiger partial charge in [0.05, 0.1) is 0 Å². The van der Waals surface area contributed by atoms with Crippen molar-refractivity contribution in [3.05, 3.63) is 0 Å². The molecule has 0 aromatic carbocycles. The molecule has 21 nitrogen and oxygen atoms in total. The molecule has 0 bridgehead atoms. The number of hydrogen-bond acceptors (Lipinski definition) is 7. The average Bonchev–Trinajstić information content (AvgIpc) is 2.20. The summed E-state index contributed by atoms with van der Waals surface area (Å²) >= 11 is 0. The Morgan fingerprint density at radius 2 is 0.241 bits per heavy atom. The zero-order valence-corrected chi connectivity index (χ0v) is 12.6. The minimum atomic E-state index is -1.83. The first-order chi connectivity index (χ1) is 12.1. The second-order valence-corrected chi connectivity index (χ2v) is 1.98. The molecule has 0 radical (unpaired) electrons. The van der Waals surface area contributed by atoms with Crippen LogP contribution in [0.4, 0.5) is 33.6 Å².